The first-order valence-corrected chi connectivity index (χ1v) is 48.5. The van der Waals surface area contributed by atoms with Gasteiger partial charge in [-0.05, 0) is 230 Å². The summed E-state index contributed by atoms with van der Waals surface area (Å²) in [6.07, 6.45) is 4.49. The van der Waals surface area contributed by atoms with E-state index in [9.17, 15) is 0 Å². The first kappa shape index (κ1) is 96.7. The summed E-state index contributed by atoms with van der Waals surface area (Å²) in [7, 11) is 3.89. The Labute approximate surface area is 810 Å². The van der Waals surface area contributed by atoms with Crippen molar-refractivity contribution >= 4 is 0 Å². The second kappa shape index (κ2) is 52.6. The smallest absolute Gasteiger partial charge is 0.0545 e. The largest absolute Gasteiger partial charge is 0.314 e. The molecule has 0 radical (unpaired) electrons. The molecule has 0 spiro atoms. The molecule has 16 rings (SSSR count). The molecule has 0 unspecified atom stereocenters. The van der Waals surface area contributed by atoms with E-state index in [1.165, 1.54) is 111 Å². The number of pyridine rings is 6. The highest BCUT2D eigenvalue weighted by Crippen LogP contribution is 2.22. The van der Waals surface area contributed by atoms with Crippen LogP contribution in [-0.4, -0.2) is 44.0 Å². The van der Waals surface area contributed by atoms with E-state index >= 15 is 0 Å². The Morgan fingerprint density at radius 3 is 0.314 bits per heavy atom. The molecule has 6 aromatic heterocycles. The fourth-order valence-electron chi connectivity index (χ4n) is 17.0. The summed E-state index contributed by atoms with van der Waals surface area (Å²) in [4.78, 5) is 29.3. The van der Waals surface area contributed by atoms with Crippen molar-refractivity contribution in [3.8, 4) is 0 Å². The Balaban J connectivity index is 0.370. The quantitative estimate of drug-likeness (QED) is 0.0170. The van der Waals surface area contributed by atoms with E-state index in [-0.39, 0.29) is 0 Å². The molecule has 18 nitrogen and oxygen atoms in total. The van der Waals surface area contributed by atoms with Crippen LogP contribution in [0.5, 0.6) is 0 Å². The van der Waals surface area contributed by atoms with Crippen molar-refractivity contribution in [1.82, 2.24) is 93.7 Å². The molecule has 0 saturated heterocycles. The van der Waals surface area contributed by atoms with Crippen LogP contribution in [0.3, 0.4) is 0 Å². The molecule has 12 N–H and O–H groups in total. The number of hydrogen-bond donors (Lipinski definition) is 12. The summed E-state index contributed by atoms with van der Waals surface area (Å²) in [5, 5.41) is 42.3. The van der Waals surface area contributed by atoms with Crippen molar-refractivity contribution in [2.75, 3.05) is 14.1 Å². The molecule has 0 fully saturated rings. The van der Waals surface area contributed by atoms with Gasteiger partial charge >= 0.3 is 0 Å². The molecule has 0 aliphatic heterocycles. The molecule has 0 saturated carbocycles. The van der Waals surface area contributed by atoms with Crippen LogP contribution in [0.15, 0.2) is 352 Å². The van der Waals surface area contributed by atoms with Gasteiger partial charge in [0.2, 0.25) is 0 Å². The van der Waals surface area contributed by atoms with Gasteiger partial charge in [0.15, 0.2) is 0 Å². The van der Waals surface area contributed by atoms with E-state index in [0.717, 1.165) is 192 Å². The summed E-state index contributed by atoms with van der Waals surface area (Å²) in [6, 6.07) is 127. The Hall–Kier alpha value is -13.4. The molecule has 0 aliphatic carbocycles. The van der Waals surface area contributed by atoms with Gasteiger partial charge < -0.3 is 63.8 Å². The Morgan fingerprint density at radius 2 is 0.212 bits per heavy atom. The van der Waals surface area contributed by atoms with Crippen molar-refractivity contribution in [1.29, 1.82) is 0 Å². The Kier molecular flexibility index (Phi) is 37.2. The van der Waals surface area contributed by atoms with Gasteiger partial charge in [0.25, 0.3) is 0 Å². The predicted octanol–water partition coefficient (Wildman–Crippen LogP) is 18.3. The molecular formula is C119H130N18. The third-order valence-electron chi connectivity index (χ3n) is 24.5. The molecule has 137 heavy (non-hydrogen) atoms. The lowest BCUT2D eigenvalue weighted by atomic mass is 10.0. The number of hydrogen-bond acceptors (Lipinski definition) is 18. The van der Waals surface area contributed by atoms with Crippen LogP contribution in [0.25, 0.3) is 0 Å². The third kappa shape index (κ3) is 33.0. The highest BCUT2D eigenvalue weighted by atomic mass is 15.0. The zero-order valence-corrected chi connectivity index (χ0v) is 79.3. The van der Waals surface area contributed by atoms with Gasteiger partial charge in [-0.2, -0.15) is 0 Å². The van der Waals surface area contributed by atoms with E-state index in [4.69, 9.17) is 29.9 Å². The highest BCUT2D eigenvalue weighted by molar-refractivity contribution is 5.38. The highest BCUT2D eigenvalue weighted by Gasteiger charge is 2.12. The molecule has 696 valence electrons. The maximum atomic E-state index is 4.98. The summed E-state index contributed by atoms with van der Waals surface area (Å²) < 4.78 is 0. The van der Waals surface area contributed by atoms with Gasteiger partial charge in [0.05, 0.1) is 68.3 Å². The van der Waals surface area contributed by atoms with Gasteiger partial charge in [-0.3, -0.25) is 29.9 Å². The zero-order chi connectivity index (χ0) is 93.3. The van der Waals surface area contributed by atoms with Crippen LogP contribution in [0.4, 0.5) is 0 Å². The average molecular weight is 1810 g/mol. The summed E-state index contributed by atoms with van der Waals surface area (Å²) in [5.74, 6) is 0. The van der Waals surface area contributed by atoms with Crippen LogP contribution in [0, 0.1) is 0 Å². The Morgan fingerprint density at radius 1 is 0.117 bits per heavy atom. The van der Waals surface area contributed by atoms with Crippen LogP contribution in [0.1, 0.15) is 180 Å². The lowest BCUT2D eigenvalue weighted by Crippen LogP contribution is -2.17. The topological polar surface area (TPSA) is 222 Å². The average Bonchev–Trinajstić information content (AvgIpc) is 0.864. The normalized spacial score (nSPS) is 11.4. The van der Waals surface area contributed by atoms with Gasteiger partial charge in [-0.1, -0.05) is 279 Å². The molecular weight excluding hydrogens is 1680 g/mol. The summed E-state index contributed by atoms with van der Waals surface area (Å²) >= 11 is 0. The SMILES string of the molecule is CNCc1cccc(CNCc2ccc(Cc3ccc(CNCc4cccc(CNCc5ccc(Cc6ccc(CNCc7cccc(CNCc8ccc(Cc9ccc(CNCc%10cccc(CNCc%11ccc(Cc%12ccc(CNCc%13cccc(CNCc%14ccc(Cc%15ccc(CNCc%16cccc(CNC)n%16)cc%15)cc%14)n%13)cc%12)cc%11)n%10)cc9)cc8)n7)cc6)cc5)n4)cc3)cc2)n1. The van der Waals surface area contributed by atoms with E-state index < -0.39 is 0 Å². The minimum absolute atomic E-state index is 0.700. The number of benzene rings is 10. The van der Waals surface area contributed by atoms with E-state index in [1.807, 2.05) is 14.1 Å². The molecule has 18 heteroatoms. The van der Waals surface area contributed by atoms with Gasteiger partial charge in [-0.15, -0.1) is 0 Å². The van der Waals surface area contributed by atoms with Crippen molar-refractivity contribution in [3.63, 3.8) is 0 Å². The lowest BCUT2D eigenvalue weighted by Gasteiger charge is -2.10. The number of nitrogens with one attached hydrogen (secondary N) is 12. The van der Waals surface area contributed by atoms with Crippen molar-refractivity contribution in [2.45, 2.75) is 176 Å². The van der Waals surface area contributed by atoms with Crippen LogP contribution >= 0.6 is 0 Å². The summed E-state index contributed by atoms with van der Waals surface area (Å²) in [5.41, 5.74) is 38.1. The molecule has 6 heterocycles. The first-order valence-electron chi connectivity index (χ1n) is 48.5. The van der Waals surface area contributed by atoms with Crippen molar-refractivity contribution in [2.24, 2.45) is 0 Å². The second-order valence-electron chi connectivity index (χ2n) is 35.9. The molecule has 16 aromatic rings. The standard InChI is InChI=1S/C119H130N18/c1-120-76-108-9-3-11-110(132-108)78-122-66-98-41-21-88(22-42-98)61-90-25-45-100(46-26-90)68-124-80-112-13-5-15-114(134-112)82-126-70-102-49-29-92(30-50-102)63-94-33-53-104(54-34-94)72-128-84-116-17-7-19-118(136-116)86-130-74-106-57-37-96(38-58-106)65-97-39-59-107(60-40-97)75-131-87-119-20-8-18-117(137-119)85-129-73-105-55-35-95(36-56-105)64-93-31-51-103(52-32-93)71-127-83-115-16-6-14-113(135-115)81-125-69-101-47-27-91(28-48-101)62-89-23-43-99(44-24-89)67-123-79-111-12-4-10-109(133-111)77-121-2/h3-60,120-131H,61-87H2,1-2H3. The number of rotatable bonds is 54. The lowest BCUT2D eigenvalue weighted by molar-refractivity contribution is 0.654. The maximum Gasteiger partial charge on any atom is 0.0545 e. The van der Waals surface area contributed by atoms with Crippen molar-refractivity contribution in [3.05, 3.63) is 531 Å². The number of nitrogens with zero attached hydrogens (tertiary/aromatic N) is 6. The number of aromatic nitrogens is 6. The minimum atomic E-state index is 0.700. The van der Waals surface area contributed by atoms with Crippen LogP contribution in [-0.2, 0) is 176 Å². The Bertz CT molecular complexity index is 5870. The van der Waals surface area contributed by atoms with Gasteiger partial charge in [0, 0.05) is 144 Å². The van der Waals surface area contributed by atoms with Gasteiger partial charge in [-0.25, -0.2) is 0 Å². The van der Waals surface area contributed by atoms with Crippen LogP contribution < -0.4 is 63.8 Å². The van der Waals surface area contributed by atoms with E-state index in [2.05, 4.69) is 416 Å². The minimum Gasteiger partial charge on any atom is -0.314 e. The third-order valence-corrected chi connectivity index (χ3v) is 24.5. The molecule has 0 amide bonds. The van der Waals surface area contributed by atoms with Crippen LogP contribution in [0.2, 0.25) is 0 Å². The first-order chi connectivity index (χ1) is 67.6. The fraction of sp³-hybridized carbons (Fsp3) is 0.244. The molecule has 0 atom stereocenters. The summed E-state index contributed by atoms with van der Waals surface area (Å²) in [6.45, 7) is 16.5. The monoisotopic (exact) mass is 1810 g/mol. The molecule has 10 aromatic carbocycles. The zero-order valence-electron chi connectivity index (χ0n) is 79.3. The fourth-order valence-corrected chi connectivity index (χ4v) is 17.0. The van der Waals surface area contributed by atoms with E-state index in [0.29, 0.717) is 52.4 Å². The van der Waals surface area contributed by atoms with E-state index in [1.54, 1.807) is 0 Å². The second-order valence-corrected chi connectivity index (χ2v) is 35.9. The van der Waals surface area contributed by atoms with Gasteiger partial charge in [0.1, 0.15) is 0 Å². The predicted molar refractivity (Wildman–Crippen MR) is 555 cm³/mol. The van der Waals surface area contributed by atoms with Crippen molar-refractivity contribution < 1.29 is 0 Å². The molecule has 0 bridgehead atoms. The maximum absolute atomic E-state index is 4.98. The molecule has 0 aliphatic rings.